The van der Waals surface area contributed by atoms with Gasteiger partial charge in [-0.3, -0.25) is 14.5 Å². The molecule has 3 N–H and O–H groups in total. The van der Waals surface area contributed by atoms with Gasteiger partial charge in [0.15, 0.2) is 5.65 Å². The molecule has 46 heavy (non-hydrogen) atoms. The lowest BCUT2D eigenvalue weighted by Gasteiger charge is -2.32. The van der Waals surface area contributed by atoms with Crippen LogP contribution in [0.2, 0.25) is 0 Å². The Morgan fingerprint density at radius 2 is 1.83 bits per heavy atom. The maximum Gasteiger partial charge on any atom is 0.320 e. The van der Waals surface area contributed by atoms with Crippen LogP contribution in [0.4, 0.5) is 10.6 Å². The first-order valence-electron chi connectivity index (χ1n) is 15.9. The molecule has 3 aromatic heterocycles. The fourth-order valence-corrected chi connectivity index (χ4v) is 5.44. The Kier molecular flexibility index (Phi) is 9.85. The number of anilines is 1. The summed E-state index contributed by atoms with van der Waals surface area (Å²) in [7, 11) is 3.87. The van der Waals surface area contributed by atoms with E-state index in [-0.39, 0.29) is 41.0 Å². The second kappa shape index (κ2) is 13.8. The van der Waals surface area contributed by atoms with E-state index < -0.39 is 6.03 Å². The number of pyridine rings is 1. The minimum atomic E-state index is -0.410. The zero-order valence-electron chi connectivity index (χ0n) is 27.8. The van der Waals surface area contributed by atoms with Crippen molar-refractivity contribution >= 4 is 23.4 Å². The molecule has 0 fully saturated rings. The Labute approximate surface area is 270 Å². The van der Waals surface area contributed by atoms with E-state index in [1.807, 2.05) is 80.7 Å². The van der Waals surface area contributed by atoms with Crippen molar-refractivity contribution in [3.8, 4) is 5.75 Å². The number of nitrogens with zero attached hydrogens (tertiary/aromatic N) is 6. The Morgan fingerprint density at radius 1 is 1.07 bits per heavy atom. The zero-order chi connectivity index (χ0) is 33.0. The number of hydrogen-bond acceptors (Lipinski definition) is 8. The SMILES string of the molecule is CCC(C)c1nnc2ccc(O[C@@H]3CC[C@H](NC(=O)Nc4cc(C(C)(C)C)nc(C(=O)NCCN(C)C)n4)c4ccccc43)cn12. The molecule has 3 atom stereocenters. The number of nitrogens with one attached hydrogen (secondary N) is 3. The van der Waals surface area contributed by atoms with Crippen LogP contribution in [0.15, 0.2) is 48.7 Å². The van der Waals surface area contributed by atoms with Gasteiger partial charge in [0.05, 0.1) is 17.9 Å². The van der Waals surface area contributed by atoms with Crippen LogP contribution in [0.3, 0.4) is 0 Å². The third kappa shape index (κ3) is 7.61. The van der Waals surface area contributed by atoms with Crippen molar-refractivity contribution < 1.29 is 14.3 Å². The minimum absolute atomic E-state index is 0.0189. The van der Waals surface area contributed by atoms with Crippen LogP contribution in [0.1, 0.15) is 105 Å². The fourth-order valence-electron chi connectivity index (χ4n) is 5.44. The van der Waals surface area contributed by atoms with Gasteiger partial charge in [0.25, 0.3) is 5.91 Å². The van der Waals surface area contributed by atoms with Crippen LogP contribution in [0, 0.1) is 0 Å². The molecule has 0 radical (unpaired) electrons. The number of hydrogen-bond donors (Lipinski definition) is 3. The lowest BCUT2D eigenvalue weighted by molar-refractivity contribution is 0.0940. The van der Waals surface area contributed by atoms with Gasteiger partial charge >= 0.3 is 6.03 Å². The average molecular weight is 628 g/mol. The molecule has 1 aliphatic carbocycles. The monoisotopic (exact) mass is 627 g/mol. The summed E-state index contributed by atoms with van der Waals surface area (Å²) in [5, 5.41) is 17.5. The van der Waals surface area contributed by atoms with Gasteiger partial charge in [0, 0.05) is 30.5 Å². The molecular weight excluding hydrogens is 582 g/mol. The number of rotatable bonds is 10. The van der Waals surface area contributed by atoms with E-state index in [4.69, 9.17) is 4.74 Å². The van der Waals surface area contributed by atoms with Crippen LogP contribution >= 0.6 is 0 Å². The number of carbonyl (C=O) groups is 2. The maximum atomic E-state index is 13.3. The molecule has 3 heterocycles. The van der Waals surface area contributed by atoms with E-state index in [9.17, 15) is 9.59 Å². The molecule has 1 aliphatic rings. The van der Waals surface area contributed by atoms with E-state index in [1.54, 1.807) is 6.07 Å². The number of benzene rings is 1. The van der Waals surface area contributed by atoms with E-state index >= 15 is 0 Å². The number of urea groups is 1. The van der Waals surface area contributed by atoms with Gasteiger partial charge in [0.2, 0.25) is 5.82 Å². The second-order valence-corrected chi connectivity index (χ2v) is 13.2. The van der Waals surface area contributed by atoms with Crippen LogP contribution in [-0.2, 0) is 5.41 Å². The quantitative estimate of drug-likeness (QED) is 0.213. The normalized spacial score (nSPS) is 17.0. The molecule has 12 heteroatoms. The molecule has 244 valence electrons. The van der Waals surface area contributed by atoms with Crippen molar-refractivity contribution in [3.05, 3.63) is 77.1 Å². The predicted molar refractivity (Wildman–Crippen MR) is 177 cm³/mol. The van der Waals surface area contributed by atoms with Gasteiger partial charge in [-0.15, -0.1) is 10.2 Å². The molecular formula is C34H45N9O3. The Hall–Kier alpha value is -4.58. The number of amides is 3. The van der Waals surface area contributed by atoms with Crippen LogP contribution < -0.4 is 20.7 Å². The predicted octanol–water partition coefficient (Wildman–Crippen LogP) is 5.40. The molecule has 0 saturated carbocycles. The van der Waals surface area contributed by atoms with Gasteiger partial charge < -0.3 is 20.3 Å². The number of carbonyl (C=O) groups excluding carboxylic acids is 2. The first-order valence-corrected chi connectivity index (χ1v) is 15.9. The number of fused-ring (bicyclic) bond motifs is 2. The van der Waals surface area contributed by atoms with E-state index in [1.165, 1.54) is 0 Å². The second-order valence-electron chi connectivity index (χ2n) is 13.2. The summed E-state index contributed by atoms with van der Waals surface area (Å²) >= 11 is 0. The molecule has 0 saturated heterocycles. The Balaban J connectivity index is 1.30. The van der Waals surface area contributed by atoms with Gasteiger partial charge in [-0.25, -0.2) is 14.8 Å². The van der Waals surface area contributed by atoms with Gasteiger partial charge in [-0.2, -0.15) is 0 Å². The molecule has 1 aromatic carbocycles. The lowest BCUT2D eigenvalue weighted by Crippen LogP contribution is -2.36. The Morgan fingerprint density at radius 3 is 2.54 bits per heavy atom. The van der Waals surface area contributed by atoms with E-state index in [0.29, 0.717) is 31.6 Å². The van der Waals surface area contributed by atoms with Crippen molar-refractivity contribution in [2.24, 2.45) is 0 Å². The van der Waals surface area contributed by atoms with Crippen molar-refractivity contribution in [2.45, 2.75) is 77.4 Å². The smallest absolute Gasteiger partial charge is 0.320 e. The standard InChI is InChI=1S/C34H45N9O3/c1-8-21(2)31-41-40-29-16-13-22(20-43(29)31)46-26-15-14-25(23-11-9-10-12-24(23)26)36-33(45)39-28-19-27(34(3,4)5)37-30(38-28)32(44)35-17-18-42(6)7/h9-13,16,19-21,25-26H,8,14-15,17-18H2,1-7H3,(H,35,44)(H2,36,37,38,39,45)/t21?,25-,26+/m0/s1. The molecule has 12 nitrogen and oxygen atoms in total. The third-order valence-electron chi connectivity index (χ3n) is 8.26. The third-order valence-corrected chi connectivity index (χ3v) is 8.26. The first kappa shape index (κ1) is 32.8. The minimum Gasteiger partial charge on any atom is -0.484 e. The summed E-state index contributed by atoms with van der Waals surface area (Å²) in [4.78, 5) is 37.1. The zero-order valence-corrected chi connectivity index (χ0v) is 27.8. The van der Waals surface area contributed by atoms with Crippen LogP contribution in [0.5, 0.6) is 5.75 Å². The topological polar surface area (TPSA) is 139 Å². The van der Waals surface area contributed by atoms with E-state index in [2.05, 4.69) is 56.0 Å². The summed E-state index contributed by atoms with van der Waals surface area (Å²) in [5.41, 5.74) is 3.11. The van der Waals surface area contributed by atoms with Crippen LogP contribution in [0.25, 0.3) is 5.65 Å². The van der Waals surface area contributed by atoms with Gasteiger partial charge in [0.1, 0.15) is 23.5 Å². The highest BCUT2D eigenvalue weighted by molar-refractivity contribution is 5.92. The molecule has 3 amide bonds. The average Bonchev–Trinajstić information content (AvgIpc) is 3.44. The summed E-state index contributed by atoms with van der Waals surface area (Å²) in [6, 6.07) is 13.0. The highest BCUT2D eigenvalue weighted by Gasteiger charge is 2.30. The molecule has 5 rings (SSSR count). The van der Waals surface area contributed by atoms with Gasteiger partial charge in [-0.1, -0.05) is 58.9 Å². The van der Waals surface area contributed by atoms with Crippen molar-refractivity contribution in [1.82, 2.24) is 40.1 Å². The van der Waals surface area contributed by atoms with E-state index in [0.717, 1.165) is 34.8 Å². The highest BCUT2D eigenvalue weighted by atomic mass is 16.5. The summed E-state index contributed by atoms with van der Waals surface area (Å²) < 4.78 is 8.54. The largest absolute Gasteiger partial charge is 0.484 e. The van der Waals surface area contributed by atoms with Crippen LogP contribution in [-0.4, -0.2) is 68.6 Å². The summed E-state index contributed by atoms with van der Waals surface area (Å²) in [6.45, 7) is 11.4. The van der Waals surface area contributed by atoms with Gasteiger partial charge in [-0.05, 0) is 56.6 Å². The summed E-state index contributed by atoms with van der Waals surface area (Å²) in [5.74, 6) is 1.83. The van der Waals surface area contributed by atoms with Crippen molar-refractivity contribution in [1.29, 1.82) is 0 Å². The fraction of sp³-hybridized carbons (Fsp3) is 0.471. The number of likely N-dealkylation sites (N-methyl/N-ethyl adjacent to an activating group) is 1. The van der Waals surface area contributed by atoms with Crippen molar-refractivity contribution in [3.63, 3.8) is 0 Å². The molecule has 0 spiro atoms. The Bertz CT molecular complexity index is 1690. The maximum absolute atomic E-state index is 13.3. The number of ether oxygens (including phenoxy) is 1. The molecule has 0 bridgehead atoms. The molecule has 1 unspecified atom stereocenters. The summed E-state index contributed by atoms with van der Waals surface area (Å²) in [6.07, 6.45) is 4.13. The molecule has 0 aliphatic heterocycles. The number of aromatic nitrogens is 5. The first-order chi connectivity index (χ1) is 21.9. The molecule has 4 aromatic rings. The van der Waals surface area contributed by atoms with Crippen molar-refractivity contribution in [2.75, 3.05) is 32.5 Å². The lowest BCUT2D eigenvalue weighted by atomic mass is 9.85. The highest BCUT2D eigenvalue weighted by Crippen LogP contribution is 2.39.